The van der Waals surface area contributed by atoms with Crippen molar-refractivity contribution in [3.05, 3.63) is 11.8 Å². The lowest BCUT2D eigenvalue weighted by Crippen LogP contribution is -2.06. The minimum atomic E-state index is 0.257. The molecule has 13 heavy (non-hydrogen) atoms. The van der Waals surface area contributed by atoms with Crippen LogP contribution in [0, 0.1) is 11.3 Å². The van der Waals surface area contributed by atoms with Crippen LogP contribution in [0.3, 0.4) is 0 Å². The third kappa shape index (κ3) is 3.33. The van der Waals surface area contributed by atoms with E-state index >= 15 is 0 Å². The minimum absolute atomic E-state index is 0.257. The average Bonchev–Trinajstić information content (AvgIpc) is 2.79. The SMILES string of the molecule is CC(=N/C=C(\C)C(C)(C)C)C1CC1. The number of allylic oxidation sites excluding steroid dienone is 1. The summed E-state index contributed by atoms with van der Waals surface area (Å²) < 4.78 is 0. The maximum atomic E-state index is 4.51. The van der Waals surface area contributed by atoms with Crippen molar-refractivity contribution in [1.82, 2.24) is 0 Å². The zero-order chi connectivity index (χ0) is 10.1. The topological polar surface area (TPSA) is 12.4 Å². The lowest BCUT2D eigenvalue weighted by molar-refractivity contribution is 0.502. The zero-order valence-electron chi connectivity index (χ0n) is 9.52. The first-order valence-electron chi connectivity index (χ1n) is 5.13. The lowest BCUT2D eigenvalue weighted by atomic mass is 9.88. The second kappa shape index (κ2) is 3.65. The highest BCUT2D eigenvalue weighted by Gasteiger charge is 2.24. The predicted molar refractivity (Wildman–Crippen MR) is 59.0 cm³/mol. The molecular weight excluding hydrogens is 158 g/mol. The Morgan fingerprint density at radius 2 is 1.77 bits per heavy atom. The Hall–Kier alpha value is -0.590. The predicted octanol–water partition coefficient (Wildman–Crippen LogP) is 3.81. The molecule has 1 nitrogen and oxygen atoms in total. The van der Waals surface area contributed by atoms with E-state index in [0.29, 0.717) is 0 Å². The molecule has 1 rings (SSSR count). The van der Waals surface area contributed by atoms with Gasteiger partial charge in [-0.2, -0.15) is 0 Å². The molecule has 0 aliphatic heterocycles. The Morgan fingerprint density at radius 3 is 2.15 bits per heavy atom. The Labute approximate surface area is 82.0 Å². The molecule has 1 saturated carbocycles. The first-order valence-corrected chi connectivity index (χ1v) is 5.13. The summed E-state index contributed by atoms with van der Waals surface area (Å²) >= 11 is 0. The first-order chi connectivity index (χ1) is 5.91. The van der Waals surface area contributed by atoms with Crippen LogP contribution in [0.5, 0.6) is 0 Å². The van der Waals surface area contributed by atoms with Gasteiger partial charge in [0.1, 0.15) is 0 Å². The quantitative estimate of drug-likeness (QED) is 0.572. The van der Waals surface area contributed by atoms with E-state index in [-0.39, 0.29) is 5.41 Å². The molecule has 0 bridgehead atoms. The standard InChI is InChI=1S/C12H21N/c1-9(12(3,4)5)8-13-10(2)11-6-7-11/h8,11H,6-7H2,1-5H3/b9-8+,13-10?. The molecule has 1 fully saturated rings. The maximum Gasteiger partial charge on any atom is 0.0261 e. The molecule has 0 N–H and O–H groups in total. The molecule has 1 aliphatic rings. The van der Waals surface area contributed by atoms with Crippen molar-refractivity contribution in [1.29, 1.82) is 0 Å². The van der Waals surface area contributed by atoms with Crippen LogP contribution in [0.15, 0.2) is 16.8 Å². The maximum absolute atomic E-state index is 4.51. The summed E-state index contributed by atoms with van der Waals surface area (Å²) in [6, 6.07) is 0. The summed E-state index contributed by atoms with van der Waals surface area (Å²) in [5.41, 5.74) is 2.92. The van der Waals surface area contributed by atoms with Gasteiger partial charge in [0.15, 0.2) is 0 Å². The molecule has 0 radical (unpaired) electrons. The molecule has 0 aromatic carbocycles. The average molecular weight is 179 g/mol. The fourth-order valence-corrected chi connectivity index (χ4v) is 0.999. The Kier molecular flexibility index (Phi) is 2.94. The van der Waals surface area contributed by atoms with E-state index in [1.807, 2.05) is 6.20 Å². The highest BCUT2D eigenvalue weighted by Crippen LogP contribution is 2.31. The smallest absolute Gasteiger partial charge is 0.0261 e. The van der Waals surface area contributed by atoms with Gasteiger partial charge in [0, 0.05) is 11.9 Å². The van der Waals surface area contributed by atoms with Crippen LogP contribution in [-0.4, -0.2) is 5.71 Å². The number of nitrogens with zero attached hydrogens (tertiary/aromatic N) is 1. The van der Waals surface area contributed by atoms with E-state index in [1.165, 1.54) is 24.1 Å². The third-order valence-electron chi connectivity index (χ3n) is 2.81. The van der Waals surface area contributed by atoms with Crippen molar-refractivity contribution in [2.45, 2.75) is 47.5 Å². The van der Waals surface area contributed by atoms with Crippen molar-refractivity contribution in [3.63, 3.8) is 0 Å². The summed E-state index contributed by atoms with van der Waals surface area (Å²) in [5, 5.41) is 0. The van der Waals surface area contributed by atoms with Crippen LogP contribution in [0.4, 0.5) is 0 Å². The fraction of sp³-hybridized carbons (Fsp3) is 0.750. The molecule has 0 saturated heterocycles. The summed E-state index contributed by atoms with van der Waals surface area (Å²) in [6.45, 7) is 11.0. The third-order valence-corrected chi connectivity index (χ3v) is 2.81. The van der Waals surface area contributed by atoms with Crippen LogP contribution in [0.2, 0.25) is 0 Å². The Balaban J connectivity index is 2.60. The second-order valence-corrected chi connectivity index (χ2v) is 5.11. The molecule has 0 unspecified atom stereocenters. The molecule has 1 aliphatic carbocycles. The molecule has 0 spiro atoms. The van der Waals surface area contributed by atoms with Crippen LogP contribution < -0.4 is 0 Å². The number of rotatable bonds is 2. The van der Waals surface area contributed by atoms with E-state index in [9.17, 15) is 0 Å². The fourth-order valence-electron chi connectivity index (χ4n) is 0.999. The van der Waals surface area contributed by atoms with Crippen molar-refractivity contribution < 1.29 is 0 Å². The van der Waals surface area contributed by atoms with Gasteiger partial charge in [0.05, 0.1) is 0 Å². The van der Waals surface area contributed by atoms with E-state index in [1.54, 1.807) is 0 Å². The molecule has 1 heteroatoms. The van der Waals surface area contributed by atoms with E-state index in [0.717, 1.165) is 5.92 Å². The molecule has 0 heterocycles. The highest BCUT2D eigenvalue weighted by atomic mass is 14.7. The molecule has 0 amide bonds. The van der Waals surface area contributed by atoms with Crippen LogP contribution in [-0.2, 0) is 0 Å². The van der Waals surface area contributed by atoms with Crippen molar-refractivity contribution in [2.24, 2.45) is 16.3 Å². The summed E-state index contributed by atoms with van der Waals surface area (Å²) in [4.78, 5) is 4.51. The monoisotopic (exact) mass is 179 g/mol. The van der Waals surface area contributed by atoms with Crippen LogP contribution in [0.25, 0.3) is 0 Å². The lowest BCUT2D eigenvalue weighted by Gasteiger charge is -2.18. The second-order valence-electron chi connectivity index (χ2n) is 5.11. The van der Waals surface area contributed by atoms with Gasteiger partial charge in [-0.15, -0.1) is 0 Å². The Morgan fingerprint density at radius 1 is 1.23 bits per heavy atom. The summed E-state index contributed by atoms with van der Waals surface area (Å²) in [5.74, 6) is 0.795. The van der Waals surface area contributed by atoms with E-state index in [4.69, 9.17) is 0 Å². The summed E-state index contributed by atoms with van der Waals surface area (Å²) in [7, 11) is 0. The van der Waals surface area contributed by atoms with Gasteiger partial charge in [-0.05, 0) is 43.6 Å². The highest BCUT2D eigenvalue weighted by molar-refractivity contribution is 5.86. The van der Waals surface area contributed by atoms with Gasteiger partial charge in [0.2, 0.25) is 0 Å². The van der Waals surface area contributed by atoms with Crippen molar-refractivity contribution in [2.75, 3.05) is 0 Å². The largest absolute Gasteiger partial charge is 0.266 e. The molecular formula is C12H21N. The molecule has 74 valence electrons. The number of hydrogen-bond donors (Lipinski definition) is 0. The van der Waals surface area contributed by atoms with Gasteiger partial charge < -0.3 is 0 Å². The van der Waals surface area contributed by atoms with E-state index in [2.05, 4.69) is 39.6 Å². The Bertz CT molecular complexity index is 236. The normalized spacial score (nSPS) is 20.7. The van der Waals surface area contributed by atoms with Gasteiger partial charge in [-0.25, -0.2) is 0 Å². The first kappa shape index (κ1) is 10.5. The van der Waals surface area contributed by atoms with Crippen LogP contribution >= 0.6 is 0 Å². The minimum Gasteiger partial charge on any atom is -0.266 e. The van der Waals surface area contributed by atoms with Crippen LogP contribution in [0.1, 0.15) is 47.5 Å². The van der Waals surface area contributed by atoms with Gasteiger partial charge in [-0.3, -0.25) is 4.99 Å². The van der Waals surface area contributed by atoms with Gasteiger partial charge in [0.25, 0.3) is 0 Å². The number of aliphatic imine (C=N–C) groups is 1. The van der Waals surface area contributed by atoms with E-state index < -0.39 is 0 Å². The zero-order valence-corrected chi connectivity index (χ0v) is 9.52. The van der Waals surface area contributed by atoms with Gasteiger partial charge in [-0.1, -0.05) is 20.8 Å². The summed E-state index contributed by atoms with van der Waals surface area (Å²) in [6.07, 6.45) is 4.73. The van der Waals surface area contributed by atoms with Crippen molar-refractivity contribution in [3.8, 4) is 0 Å². The van der Waals surface area contributed by atoms with Crippen molar-refractivity contribution >= 4 is 5.71 Å². The molecule has 0 atom stereocenters. The van der Waals surface area contributed by atoms with Gasteiger partial charge >= 0.3 is 0 Å². The molecule has 0 aromatic heterocycles. The number of hydrogen-bond acceptors (Lipinski definition) is 1. The molecule has 0 aromatic rings.